The van der Waals surface area contributed by atoms with Crippen LogP contribution in [0, 0.1) is 11.7 Å². The van der Waals surface area contributed by atoms with Crippen LogP contribution in [0.4, 0.5) is 15.8 Å². The molecule has 1 saturated carbocycles. The van der Waals surface area contributed by atoms with E-state index < -0.39 is 15.8 Å². The monoisotopic (exact) mass is 493 g/mol. The van der Waals surface area contributed by atoms with Gasteiger partial charge in [-0.1, -0.05) is 30.9 Å². The lowest BCUT2D eigenvalue weighted by atomic mass is 9.95. The molecule has 9 heteroatoms. The molecule has 6 nitrogen and oxygen atoms in total. The van der Waals surface area contributed by atoms with Crippen molar-refractivity contribution < 1.29 is 17.6 Å². The van der Waals surface area contributed by atoms with Crippen molar-refractivity contribution >= 4 is 38.9 Å². The number of nitrogens with one attached hydrogen (secondary N) is 2. The first-order valence-electron chi connectivity index (χ1n) is 11.5. The van der Waals surface area contributed by atoms with Crippen molar-refractivity contribution in [1.29, 1.82) is 0 Å². The molecular formula is C24H29ClFN3O3S. The van der Waals surface area contributed by atoms with Gasteiger partial charge in [0.15, 0.2) is 0 Å². The lowest BCUT2D eigenvalue weighted by molar-refractivity contribution is -0.120. The molecule has 33 heavy (non-hydrogen) atoms. The third kappa shape index (κ3) is 5.86. The standard InChI is InChI=1S/C24H29ClFN3O3S/c25-22-16-21(10-11-23(22)26)33(31,32)29-14-12-17(13-15-29)24(30)28-20-8-6-19(7-9-20)27-18-4-2-1-3-5-18/h6-11,16-18,27H,1-5,12-15H2,(H,28,30). The Hall–Kier alpha value is -2.16. The molecule has 1 saturated heterocycles. The van der Waals surface area contributed by atoms with Crippen molar-refractivity contribution in [2.24, 2.45) is 5.92 Å². The van der Waals surface area contributed by atoms with E-state index in [0.717, 1.165) is 23.5 Å². The normalized spacial score (nSPS) is 18.7. The summed E-state index contributed by atoms with van der Waals surface area (Å²) in [6, 6.07) is 11.6. The van der Waals surface area contributed by atoms with Crippen molar-refractivity contribution in [3.05, 3.63) is 53.3 Å². The zero-order valence-corrected chi connectivity index (χ0v) is 20.0. The minimum atomic E-state index is -3.78. The summed E-state index contributed by atoms with van der Waals surface area (Å²) in [5.74, 6) is -1.04. The molecule has 0 unspecified atom stereocenters. The van der Waals surface area contributed by atoms with Crippen LogP contribution in [0.1, 0.15) is 44.9 Å². The highest BCUT2D eigenvalue weighted by Gasteiger charge is 2.32. The van der Waals surface area contributed by atoms with Crippen LogP contribution in [0.5, 0.6) is 0 Å². The Morgan fingerprint density at radius 1 is 0.939 bits per heavy atom. The predicted molar refractivity (Wildman–Crippen MR) is 128 cm³/mol. The molecule has 2 aromatic rings. The Bertz CT molecular complexity index is 1080. The average molecular weight is 494 g/mol. The van der Waals surface area contributed by atoms with Crippen LogP contribution in [-0.4, -0.2) is 37.8 Å². The van der Waals surface area contributed by atoms with E-state index in [2.05, 4.69) is 10.6 Å². The quantitative estimate of drug-likeness (QED) is 0.575. The van der Waals surface area contributed by atoms with E-state index >= 15 is 0 Å². The van der Waals surface area contributed by atoms with Gasteiger partial charge >= 0.3 is 0 Å². The second-order valence-electron chi connectivity index (χ2n) is 8.80. The highest BCUT2D eigenvalue weighted by atomic mass is 35.5. The van der Waals surface area contributed by atoms with Crippen LogP contribution >= 0.6 is 11.6 Å². The van der Waals surface area contributed by atoms with Gasteiger partial charge in [-0.25, -0.2) is 12.8 Å². The second-order valence-corrected chi connectivity index (χ2v) is 11.1. The minimum Gasteiger partial charge on any atom is -0.382 e. The van der Waals surface area contributed by atoms with E-state index in [1.165, 1.54) is 42.5 Å². The van der Waals surface area contributed by atoms with Gasteiger partial charge in [-0.05, 0) is 68.1 Å². The molecule has 2 N–H and O–H groups in total. The van der Waals surface area contributed by atoms with Crippen molar-refractivity contribution in [2.45, 2.75) is 55.9 Å². The zero-order chi connectivity index (χ0) is 23.4. The number of carbonyl (C=O) groups is 1. The first kappa shape index (κ1) is 24.0. The molecule has 1 aliphatic carbocycles. The molecule has 1 heterocycles. The largest absolute Gasteiger partial charge is 0.382 e. The van der Waals surface area contributed by atoms with Gasteiger partial charge in [-0.2, -0.15) is 4.31 Å². The third-order valence-electron chi connectivity index (χ3n) is 6.48. The van der Waals surface area contributed by atoms with Crippen LogP contribution < -0.4 is 10.6 Å². The number of carbonyl (C=O) groups excluding carboxylic acids is 1. The van der Waals surface area contributed by atoms with Gasteiger partial charge in [-0.15, -0.1) is 0 Å². The lowest BCUT2D eigenvalue weighted by Gasteiger charge is -2.30. The fraction of sp³-hybridized carbons (Fsp3) is 0.458. The molecule has 178 valence electrons. The summed E-state index contributed by atoms with van der Waals surface area (Å²) in [5.41, 5.74) is 1.78. The minimum absolute atomic E-state index is 0.0428. The molecule has 0 bridgehead atoms. The fourth-order valence-corrected chi connectivity index (χ4v) is 6.26. The van der Waals surface area contributed by atoms with Gasteiger partial charge in [0.25, 0.3) is 0 Å². The molecule has 2 fully saturated rings. The van der Waals surface area contributed by atoms with E-state index in [1.54, 1.807) is 0 Å². The number of halogens is 2. The summed E-state index contributed by atoms with van der Waals surface area (Å²) in [4.78, 5) is 12.7. The molecule has 1 aliphatic heterocycles. The van der Waals surface area contributed by atoms with Crippen molar-refractivity contribution in [3.63, 3.8) is 0 Å². The van der Waals surface area contributed by atoms with Crippen LogP contribution in [0.3, 0.4) is 0 Å². The van der Waals surface area contributed by atoms with Gasteiger partial charge in [0.1, 0.15) is 5.82 Å². The van der Waals surface area contributed by atoms with Gasteiger partial charge < -0.3 is 10.6 Å². The molecule has 0 atom stereocenters. The van der Waals surface area contributed by atoms with E-state index in [9.17, 15) is 17.6 Å². The Kier molecular flexibility index (Phi) is 7.56. The third-order valence-corrected chi connectivity index (χ3v) is 8.67. The average Bonchev–Trinajstić information content (AvgIpc) is 2.83. The van der Waals surface area contributed by atoms with Gasteiger partial charge in [0.05, 0.1) is 9.92 Å². The number of sulfonamides is 1. The van der Waals surface area contributed by atoms with Crippen molar-refractivity contribution in [3.8, 4) is 0 Å². The Balaban J connectivity index is 1.29. The van der Waals surface area contributed by atoms with E-state index in [1.807, 2.05) is 24.3 Å². The highest BCUT2D eigenvalue weighted by molar-refractivity contribution is 7.89. The maximum atomic E-state index is 13.4. The maximum Gasteiger partial charge on any atom is 0.243 e. The van der Waals surface area contributed by atoms with Crippen molar-refractivity contribution in [1.82, 2.24) is 4.31 Å². The Morgan fingerprint density at radius 3 is 2.21 bits per heavy atom. The van der Waals surface area contributed by atoms with E-state index in [4.69, 9.17) is 11.6 Å². The number of benzene rings is 2. The summed E-state index contributed by atoms with van der Waals surface area (Å²) in [7, 11) is -3.78. The number of rotatable bonds is 6. The first-order chi connectivity index (χ1) is 15.8. The lowest BCUT2D eigenvalue weighted by Crippen LogP contribution is -2.41. The molecule has 0 spiro atoms. The summed E-state index contributed by atoms with van der Waals surface area (Å²) >= 11 is 5.74. The molecule has 0 aromatic heterocycles. The SMILES string of the molecule is O=C(Nc1ccc(NC2CCCCC2)cc1)C1CCN(S(=O)(=O)c2ccc(F)c(Cl)c2)CC1. The zero-order valence-electron chi connectivity index (χ0n) is 18.4. The van der Waals surface area contributed by atoms with Gasteiger partial charge in [0.2, 0.25) is 15.9 Å². The molecule has 0 radical (unpaired) electrons. The van der Waals surface area contributed by atoms with Gasteiger partial charge in [-0.3, -0.25) is 4.79 Å². The van der Waals surface area contributed by atoms with E-state index in [-0.39, 0.29) is 34.8 Å². The Labute approximate surface area is 199 Å². The number of anilines is 2. The topological polar surface area (TPSA) is 78.5 Å². The van der Waals surface area contributed by atoms with Crippen LogP contribution in [0.15, 0.2) is 47.4 Å². The summed E-state index contributed by atoms with van der Waals surface area (Å²) in [6.07, 6.45) is 7.08. The molecule has 2 aliphatic rings. The molecule has 1 amide bonds. The number of amides is 1. The predicted octanol–water partition coefficient (Wildman–Crippen LogP) is 5.26. The smallest absolute Gasteiger partial charge is 0.243 e. The summed E-state index contributed by atoms with van der Waals surface area (Å²) in [5, 5.41) is 6.28. The maximum absolute atomic E-state index is 13.4. The van der Waals surface area contributed by atoms with E-state index in [0.29, 0.717) is 18.9 Å². The van der Waals surface area contributed by atoms with Crippen LogP contribution in [0.2, 0.25) is 5.02 Å². The molecular weight excluding hydrogens is 465 g/mol. The number of hydrogen-bond acceptors (Lipinski definition) is 4. The summed E-state index contributed by atoms with van der Waals surface area (Å²) in [6.45, 7) is 0.444. The van der Waals surface area contributed by atoms with Gasteiger partial charge in [0, 0.05) is 36.4 Å². The van der Waals surface area contributed by atoms with Crippen molar-refractivity contribution in [2.75, 3.05) is 23.7 Å². The second kappa shape index (κ2) is 10.4. The fourth-order valence-electron chi connectivity index (χ4n) is 4.52. The number of piperidine rings is 1. The number of hydrogen-bond donors (Lipinski definition) is 2. The first-order valence-corrected chi connectivity index (χ1v) is 13.3. The Morgan fingerprint density at radius 2 is 1.58 bits per heavy atom. The van der Waals surface area contributed by atoms with Crippen LogP contribution in [0.25, 0.3) is 0 Å². The molecule has 2 aromatic carbocycles. The highest BCUT2D eigenvalue weighted by Crippen LogP contribution is 2.28. The summed E-state index contributed by atoms with van der Waals surface area (Å²) < 4.78 is 40.4. The number of nitrogens with zero attached hydrogens (tertiary/aromatic N) is 1. The molecule has 4 rings (SSSR count). The van der Waals surface area contributed by atoms with Crippen LogP contribution in [-0.2, 0) is 14.8 Å².